The summed E-state index contributed by atoms with van der Waals surface area (Å²) >= 11 is 0. The Morgan fingerprint density at radius 1 is 0.783 bits per heavy atom. The number of carbonyl (C=O) groups excluding carboxylic acids is 2. The van der Waals surface area contributed by atoms with Crippen LogP contribution in [0.3, 0.4) is 0 Å². The van der Waals surface area contributed by atoms with Crippen molar-refractivity contribution >= 4 is 11.8 Å². The van der Waals surface area contributed by atoms with Crippen molar-refractivity contribution in [2.24, 2.45) is 0 Å². The number of amides is 2. The quantitative estimate of drug-likeness (QED) is 0.798. The van der Waals surface area contributed by atoms with Crippen molar-refractivity contribution in [2.75, 3.05) is 26.3 Å². The van der Waals surface area contributed by atoms with Crippen molar-refractivity contribution in [3.8, 4) is 0 Å². The summed E-state index contributed by atoms with van der Waals surface area (Å²) in [5.74, 6) is 0.0484. The Hall–Kier alpha value is -1.10. The van der Waals surface area contributed by atoms with Gasteiger partial charge in [-0.05, 0) is 39.5 Å². The van der Waals surface area contributed by atoms with Crippen molar-refractivity contribution in [1.82, 2.24) is 9.80 Å². The molecule has 132 valence electrons. The maximum Gasteiger partial charge on any atom is 0.248 e. The van der Waals surface area contributed by atoms with Gasteiger partial charge in [0, 0.05) is 25.2 Å². The lowest BCUT2D eigenvalue weighted by atomic mass is 10.1. The first kappa shape index (κ1) is 18.2. The van der Waals surface area contributed by atoms with E-state index in [1.165, 1.54) is 25.7 Å². The van der Waals surface area contributed by atoms with Gasteiger partial charge in [0.2, 0.25) is 11.8 Å². The Morgan fingerprint density at radius 2 is 1.22 bits per heavy atom. The summed E-state index contributed by atoms with van der Waals surface area (Å²) < 4.78 is 5.46. The highest BCUT2D eigenvalue weighted by Gasteiger charge is 2.24. The summed E-state index contributed by atoms with van der Waals surface area (Å²) in [6, 6.07) is 0.574. The number of rotatable bonds is 4. The van der Waals surface area contributed by atoms with Crippen LogP contribution in [-0.4, -0.2) is 60.0 Å². The van der Waals surface area contributed by atoms with Crippen molar-refractivity contribution in [2.45, 2.75) is 77.3 Å². The Bertz CT molecular complexity index is 364. The third-order valence-corrected chi connectivity index (χ3v) is 5.20. The van der Waals surface area contributed by atoms with Crippen LogP contribution in [0.2, 0.25) is 0 Å². The first-order valence-corrected chi connectivity index (χ1v) is 9.26. The maximum atomic E-state index is 12.3. The molecule has 5 nitrogen and oxygen atoms in total. The molecule has 5 heteroatoms. The highest BCUT2D eigenvalue weighted by atomic mass is 16.5. The second-order valence-electron chi connectivity index (χ2n) is 7.06. The smallest absolute Gasteiger partial charge is 0.248 e. The molecule has 0 aliphatic carbocycles. The van der Waals surface area contributed by atoms with Crippen molar-refractivity contribution in [3.63, 3.8) is 0 Å². The molecule has 2 rings (SSSR count). The van der Waals surface area contributed by atoms with Crippen molar-refractivity contribution < 1.29 is 14.3 Å². The zero-order valence-electron chi connectivity index (χ0n) is 14.8. The van der Waals surface area contributed by atoms with Crippen LogP contribution in [0.25, 0.3) is 0 Å². The minimum atomic E-state index is 0.0242. The Kier molecular flexibility index (Phi) is 7.34. The van der Waals surface area contributed by atoms with E-state index in [2.05, 4.69) is 13.8 Å². The summed E-state index contributed by atoms with van der Waals surface area (Å²) in [6.07, 6.45) is 9.04. The zero-order valence-corrected chi connectivity index (χ0v) is 14.8. The van der Waals surface area contributed by atoms with E-state index in [-0.39, 0.29) is 37.1 Å². The van der Waals surface area contributed by atoms with Gasteiger partial charge in [-0.1, -0.05) is 25.7 Å². The molecule has 2 aliphatic heterocycles. The molecule has 0 aromatic heterocycles. The van der Waals surface area contributed by atoms with Crippen LogP contribution in [0, 0.1) is 0 Å². The van der Waals surface area contributed by atoms with E-state index < -0.39 is 0 Å². The molecule has 0 spiro atoms. The monoisotopic (exact) mass is 324 g/mol. The fraction of sp³-hybridized carbons (Fsp3) is 0.889. The average molecular weight is 324 g/mol. The minimum Gasteiger partial charge on any atom is -0.362 e. The van der Waals surface area contributed by atoms with Gasteiger partial charge in [-0.15, -0.1) is 0 Å². The van der Waals surface area contributed by atoms with E-state index in [4.69, 9.17) is 4.74 Å². The number of carbonyl (C=O) groups is 2. The summed E-state index contributed by atoms with van der Waals surface area (Å²) in [5.41, 5.74) is 0. The third-order valence-electron chi connectivity index (χ3n) is 5.20. The van der Waals surface area contributed by atoms with E-state index in [9.17, 15) is 9.59 Å². The first-order valence-electron chi connectivity index (χ1n) is 9.26. The maximum absolute atomic E-state index is 12.3. The minimum absolute atomic E-state index is 0.0242. The molecule has 2 fully saturated rings. The Morgan fingerprint density at radius 3 is 1.65 bits per heavy atom. The third kappa shape index (κ3) is 5.48. The fourth-order valence-electron chi connectivity index (χ4n) is 3.68. The topological polar surface area (TPSA) is 49.9 Å². The van der Waals surface area contributed by atoms with Gasteiger partial charge in [-0.3, -0.25) is 9.59 Å². The lowest BCUT2D eigenvalue weighted by Gasteiger charge is -2.28. The van der Waals surface area contributed by atoms with E-state index >= 15 is 0 Å². The highest BCUT2D eigenvalue weighted by Crippen LogP contribution is 2.17. The van der Waals surface area contributed by atoms with Gasteiger partial charge in [-0.2, -0.15) is 0 Å². The molecule has 2 aliphatic rings. The van der Waals surface area contributed by atoms with Crippen LogP contribution in [0.4, 0.5) is 0 Å². The summed E-state index contributed by atoms with van der Waals surface area (Å²) in [6.45, 7) is 5.90. The summed E-state index contributed by atoms with van der Waals surface area (Å²) in [5, 5.41) is 0. The van der Waals surface area contributed by atoms with Crippen LogP contribution >= 0.6 is 0 Å². The van der Waals surface area contributed by atoms with Crippen molar-refractivity contribution in [3.05, 3.63) is 0 Å². The van der Waals surface area contributed by atoms with Crippen LogP contribution < -0.4 is 0 Å². The number of hydrogen-bond acceptors (Lipinski definition) is 3. The summed E-state index contributed by atoms with van der Waals surface area (Å²) in [4.78, 5) is 28.5. The Labute approximate surface area is 140 Å². The second kappa shape index (κ2) is 9.26. The van der Waals surface area contributed by atoms with E-state index in [1.807, 2.05) is 9.80 Å². The molecule has 2 unspecified atom stereocenters. The van der Waals surface area contributed by atoms with E-state index in [0.717, 1.165) is 38.8 Å². The average Bonchev–Trinajstić information content (AvgIpc) is 2.87. The van der Waals surface area contributed by atoms with E-state index in [1.54, 1.807) is 0 Å². The summed E-state index contributed by atoms with van der Waals surface area (Å²) in [7, 11) is 0. The van der Waals surface area contributed by atoms with Gasteiger partial charge in [-0.25, -0.2) is 0 Å². The largest absolute Gasteiger partial charge is 0.362 e. The molecule has 0 radical (unpaired) electrons. The van der Waals surface area contributed by atoms with Gasteiger partial charge in [0.1, 0.15) is 13.2 Å². The molecular formula is C18H32N2O3. The molecular weight excluding hydrogens is 292 g/mol. The Balaban J connectivity index is 1.74. The molecule has 0 aromatic carbocycles. The molecule has 2 atom stereocenters. The van der Waals surface area contributed by atoms with Crippen LogP contribution in [-0.2, 0) is 14.3 Å². The molecule has 23 heavy (non-hydrogen) atoms. The SMILES string of the molecule is CC1CCCCCN1C(=O)COCC(=O)N1CCCCCC1C. The van der Waals surface area contributed by atoms with Crippen LogP contribution in [0.1, 0.15) is 65.2 Å². The second-order valence-corrected chi connectivity index (χ2v) is 7.06. The predicted octanol–water partition coefficient (Wildman–Crippen LogP) is 2.59. The van der Waals surface area contributed by atoms with Crippen LogP contribution in [0.5, 0.6) is 0 Å². The number of likely N-dealkylation sites (tertiary alicyclic amines) is 2. The molecule has 0 bridgehead atoms. The van der Waals surface area contributed by atoms with Crippen LogP contribution in [0.15, 0.2) is 0 Å². The van der Waals surface area contributed by atoms with Crippen molar-refractivity contribution in [1.29, 1.82) is 0 Å². The lowest BCUT2D eigenvalue weighted by Crippen LogP contribution is -2.43. The van der Waals surface area contributed by atoms with Gasteiger partial charge >= 0.3 is 0 Å². The predicted molar refractivity (Wildman–Crippen MR) is 90.1 cm³/mol. The van der Waals surface area contributed by atoms with Gasteiger partial charge < -0.3 is 14.5 Å². The molecule has 0 saturated carbocycles. The number of nitrogens with zero attached hydrogens (tertiary/aromatic N) is 2. The normalized spacial score (nSPS) is 26.5. The first-order chi connectivity index (χ1) is 11.1. The van der Waals surface area contributed by atoms with Gasteiger partial charge in [0.25, 0.3) is 0 Å². The van der Waals surface area contributed by atoms with Gasteiger partial charge in [0.15, 0.2) is 0 Å². The highest BCUT2D eigenvalue weighted by molar-refractivity contribution is 5.80. The van der Waals surface area contributed by atoms with Gasteiger partial charge in [0.05, 0.1) is 0 Å². The molecule has 2 amide bonds. The molecule has 0 N–H and O–H groups in total. The number of hydrogen-bond donors (Lipinski definition) is 0. The lowest BCUT2D eigenvalue weighted by molar-refractivity contribution is -0.144. The van der Waals surface area contributed by atoms with E-state index in [0.29, 0.717) is 0 Å². The fourth-order valence-corrected chi connectivity index (χ4v) is 3.68. The molecule has 2 heterocycles. The zero-order chi connectivity index (χ0) is 16.7. The standard InChI is InChI=1S/C18H32N2O3/c1-15-9-5-3-7-11-19(15)17(21)13-23-14-18(22)20-12-8-4-6-10-16(20)2/h15-16H,3-14H2,1-2H3. The molecule has 0 aromatic rings. The number of ether oxygens (including phenoxy) is 1. The molecule has 2 saturated heterocycles.